The molecule has 0 aliphatic carbocycles. The summed E-state index contributed by atoms with van der Waals surface area (Å²) in [5.41, 5.74) is 5.35. The van der Waals surface area contributed by atoms with Crippen molar-refractivity contribution < 1.29 is 228 Å². The molecule has 108 heavy (non-hydrogen) atoms. The largest absolute Gasteiger partial charge is 3.00 e. The minimum atomic E-state index is -1.75. The van der Waals surface area contributed by atoms with Crippen molar-refractivity contribution in [3.05, 3.63) is 331 Å². The van der Waals surface area contributed by atoms with Gasteiger partial charge < -0.3 is 152 Å². The van der Waals surface area contributed by atoms with E-state index in [9.17, 15) is 20.4 Å². The van der Waals surface area contributed by atoms with Gasteiger partial charge in [-0.25, -0.2) is 0 Å². The molecule has 8 aromatic rings. The average Bonchev–Trinajstić information content (AvgIpc) is 0.822. The number of aliphatic imine (C=N–C) groups is 4. The van der Waals surface area contributed by atoms with Crippen LogP contribution in [0.3, 0.4) is 0 Å². The van der Waals surface area contributed by atoms with Crippen LogP contribution in [0.5, 0.6) is 46.0 Å². The maximum atomic E-state index is 12.7. The van der Waals surface area contributed by atoms with Gasteiger partial charge in [0.1, 0.15) is 47.2 Å². The minimum Gasteiger partial charge on any atom is -0.870 e. The second-order valence-corrected chi connectivity index (χ2v) is 17.4. The fourth-order valence-corrected chi connectivity index (χ4v) is 7.82. The Balaban J connectivity index is -0.000000216. The van der Waals surface area contributed by atoms with Crippen molar-refractivity contribution in [1.82, 2.24) is 0 Å². The van der Waals surface area contributed by atoms with Gasteiger partial charge in [0.15, 0.2) is 0 Å². The van der Waals surface area contributed by atoms with Crippen LogP contribution in [-0.2, 0) is 39.0 Å². The van der Waals surface area contributed by atoms with E-state index in [1.165, 1.54) is 28.4 Å². The molecule has 0 aromatic heterocycles. The molecule has 0 aliphatic rings. The zero-order valence-corrected chi connectivity index (χ0v) is 68.9. The van der Waals surface area contributed by atoms with Crippen LogP contribution in [0, 0.1) is 191 Å². The van der Waals surface area contributed by atoms with Crippen LogP contribution >= 0.6 is 0 Å². The molecule has 40 nitrogen and oxygen atoms in total. The van der Waals surface area contributed by atoms with E-state index in [-0.39, 0.29) is 184 Å². The number of methoxy groups -OCH3 is 4. The Morgan fingerprint density at radius 3 is 0.519 bits per heavy atom. The van der Waals surface area contributed by atoms with E-state index < -0.39 is 54.7 Å². The molecule has 8 rings (SSSR count). The van der Waals surface area contributed by atoms with E-state index in [1.807, 2.05) is 121 Å². The monoisotopic (exact) mass is 1890 g/mol. The number of benzene rings is 8. The number of aliphatic hydroxyl groups is 4. The number of aliphatic hydroxyl groups excluding tert-OH is 4. The number of para-hydroxylation sites is 4. The number of hydrogen-bond acceptors (Lipinski definition) is 34. The molecule has 4 atom stereocenters. The summed E-state index contributed by atoms with van der Waals surface area (Å²) in [6.45, 7) is 0. The molecule has 0 saturated carbocycles. The smallest absolute Gasteiger partial charge is 0.870 e. The van der Waals surface area contributed by atoms with Gasteiger partial charge in [-0.15, -0.1) is 0 Å². The third kappa shape index (κ3) is 51.5. The van der Waals surface area contributed by atoms with Crippen LogP contribution in [0.25, 0.3) is 0 Å². The van der Waals surface area contributed by atoms with E-state index in [2.05, 4.69) is 0 Å². The normalized spacial score (nSPS) is 10.3. The molecule has 0 radical (unpaired) electrons. The first-order valence-electron chi connectivity index (χ1n) is 28.0. The topological polar surface area (TPSA) is 657 Å². The first kappa shape index (κ1) is 114. The fraction of sp³-hybridized carbons (Fsp3) is 0.188. The van der Waals surface area contributed by atoms with Crippen molar-refractivity contribution in [2.75, 3.05) is 56.9 Å². The van der Waals surface area contributed by atoms with Crippen LogP contribution < -0.4 is 39.4 Å². The van der Waals surface area contributed by atoms with Crippen LogP contribution in [0.2, 0.25) is 0 Å². The number of rotatable bonds is 18. The Morgan fingerprint density at radius 1 is 0.269 bits per heavy atom. The Labute approximate surface area is 722 Å². The van der Waals surface area contributed by atoms with E-state index in [0.29, 0.717) is 22.3 Å². The summed E-state index contributed by atoms with van der Waals surface area (Å²) < 4.78 is 20.7. The molecular weight excluding hydrogens is 1820 g/mol. The summed E-state index contributed by atoms with van der Waals surface area (Å²) in [5.74, 6) is 0.0983. The maximum Gasteiger partial charge on any atom is 3.00 e. The van der Waals surface area contributed by atoms with Gasteiger partial charge >= 0.3 is 138 Å². The van der Waals surface area contributed by atoms with Crippen molar-refractivity contribution in [2.24, 2.45) is 20.0 Å². The zero-order valence-electron chi connectivity index (χ0n) is 58.1. The Hall–Kier alpha value is -9.70. The van der Waals surface area contributed by atoms with Crippen molar-refractivity contribution in [3.63, 3.8) is 0 Å². The molecule has 0 amide bonds. The second-order valence-electron chi connectivity index (χ2n) is 17.4. The Bertz CT molecular complexity index is 3310. The zero-order chi connectivity index (χ0) is 80.1. The predicted molar refractivity (Wildman–Crippen MR) is 372 cm³/mol. The first-order valence-corrected chi connectivity index (χ1v) is 28.0. The number of ether oxygens (including phenoxy) is 4. The quantitative estimate of drug-likeness (QED) is 0.0299. The molecule has 0 saturated heterocycles. The molecule has 0 spiro atoms. The maximum absolute atomic E-state index is 12.7. The van der Waals surface area contributed by atoms with Gasteiger partial charge in [0.2, 0.25) is 0 Å². The SMILES string of the molecule is CO.CO.CO.CO.COc1cccc(C=N[C@@H](c2ccccc2)[C@@H](N=Cc2cccc(OC)c2[O-])c2ccccc2)c1[O-].COc1cccc(C=N[C@@H](c2ccccc2)[C@@H](N=Cc2cccc(OC)c2[O-])c2ccccc2)c1[O-].O=[N+]([O-])[O-].O=[N+]([O-])[O-].O=[N+]([O-])[O-].O=[N+]([O-])[O-].O=[N+]([O-])[O-].O=[N+]([O-])[O-].[Eu+3].[Eu+3].[Zn+2].[Zn+2]. The summed E-state index contributed by atoms with van der Waals surface area (Å²) in [6, 6.07) is 57.5. The Morgan fingerprint density at radius 2 is 0.398 bits per heavy atom. The summed E-state index contributed by atoms with van der Waals surface area (Å²) in [6.07, 6.45) is 6.27. The van der Waals surface area contributed by atoms with E-state index >= 15 is 0 Å². The molecule has 0 unspecified atom stereocenters. The van der Waals surface area contributed by atoms with Gasteiger partial charge in [0.25, 0.3) is 0 Å². The van der Waals surface area contributed by atoms with Crippen molar-refractivity contribution >= 4 is 24.9 Å². The predicted octanol–water partition coefficient (Wildman–Crippen LogP) is 6.74. The molecule has 0 bridgehead atoms. The third-order valence-corrected chi connectivity index (χ3v) is 11.6. The Kier molecular flexibility index (Phi) is 75.6. The van der Waals surface area contributed by atoms with Gasteiger partial charge in [-0.3, -0.25) is 20.0 Å². The van der Waals surface area contributed by atoms with Gasteiger partial charge in [-0.1, -0.05) is 193 Å². The minimum absolute atomic E-state index is 0. The van der Waals surface area contributed by atoms with Crippen LogP contribution in [0.4, 0.5) is 0 Å². The molecular formula is C64H68Eu2N10O30Zn2. The van der Waals surface area contributed by atoms with Crippen LogP contribution in [0.1, 0.15) is 68.7 Å². The van der Waals surface area contributed by atoms with Crippen molar-refractivity contribution in [1.29, 1.82) is 0 Å². The molecule has 44 heteroatoms. The number of nitrogens with zero attached hydrogens (tertiary/aromatic N) is 10. The molecule has 0 fully saturated rings. The standard InChI is InChI=1S/2C30H28N2O4.4CH4O.2Eu.6NO3.2Zn/c2*1-35-25-17-9-15-23(29(25)33)19-31-27(21-11-5-3-6-12-21)28(22-13-7-4-8-14-22)32-20-24-16-10-18-26(36-2)30(24)34;4*1-2;;;6*2-1(3)4;;/h2*3-20,27-28,33-34H,1-2H3;4*2H,1H3;;;;;;;;;;/q;;;;;;2*+3;6*-1;2*+2/p-4/t2*27-,28-;;;;;;;;;;;;;;/m00............../s1. The summed E-state index contributed by atoms with van der Waals surface area (Å²) >= 11 is 0. The van der Waals surface area contributed by atoms with Crippen molar-refractivity contribution in [2.45, 2.75) is 24.2 Å². The summed E-state index contributed by atoms with van der Waals surface area (Å²) in [7, 11) is 9.86. The number of hydrogen-bond donors (Lipinski definition) is 4. The third-order valence-electron chi connectivity index (χ3n) is 11.6. The molecule has 0 aliphatic heterocycles. The van der Waals surface area contributed by atoms with Gasteiger partial charge in [-0.2, -0.15) is 0 Å². The van der Waals surface area contributed by atoms with E-state index in [1.54, 1.807) is 97.7 Å². The molecule has 8 aromatic carbocycles. The van der Waals surface area contributed by atoms with Crippen molar-refractivity contribution in [3.8, 4) is 46.0 Å². The van der Waals surface area contributed by atoms with Gasteiger partial charge in [0, 0.05) is 53.3 Å². The first-order chi connectivity index (χ1) is 49.6. The van der Waals surface area contributed by atoms with Gasteiger partial charge in [0.05, 0.1) is 59.0 Å². The summed E-state index contributed by atoms with van der Waals surface area (Å²) in [5, 5.41) is 167. The van der Waals surface area contributed by atoms with Crippen LogP contribution in [-0.4, -0.2) is 133 Å². The van der Waals surface area contributed by atoms with Crippen LogP contribution in [0.15, 0.2) is 214 Å². The molecule has 572 valence electrons. The average molecular weight is 1890 g/mol. The van der Waals surface area contributed by atoms with Gasteiger partial charge in [-0.05, 0) is 68.8 Å². The molecule has 4 N–H and O–H groups in total. The van der Waals surface area contributed by atoms with E-state index in [4.69, 9.17) is 151 Å². The second kappa shape index (κ2) is 71.5. The van der Waals surface area contributed by atoms with E-state index in [0.717, 1.165) is 50.7 Å². The molecule has 0 heterocycles. The fourth-order valence-electron chi connectivity index (χ4n) is 7.82. The summed E-state index contributed by atoms with van der Waals surface area (Å²) in [4.78, 5) is 68.9.